The van der Waals surface area contributed by atoms with Gasteiger partial charge in [-0.2, -0.15) is 0 Å². The molecule has 1 aromatic rings. The third-order valence-corrected chi connectivity index (χ3v) is 10.2. The molecule has 0 saturated heterocycles. The van der Waals surface area contributed by atoms with Gasteiger partial charge >= 0.3 is 30.4 Å². The predicted octanol–water partition coefficient (Wildman–Crippen LogP) is -0.233. The molecule has 0 amide bonds. The lowest BCUT2D eigenvalue weighted by Crippen LogP contribution is -2.42. The molecular formula is C9H17NO12P4. The highest BCUT2D eigenvalue weighted by Gasteiger charge is 2.58. The second-order valence-electron chi connectivity index (χ2n) is 5.21. The second kappa shape index (κ2) is 8.03. The Hall–Kier alpha value is -0.220. The molecule has 1 aromatic carbocycles. The van der Waals surface area contributed by atoms with E-state index in [1.807, 2.05) is 0 Å². The quantitative estimate of drug-likeness (QED) is 0.237. The molecule has 150 valence electrons. The third kappa shape index (κ3) is 6.44. The summed E-state index contributed by atoms with van der Waals surface area (Å²) in [4.78, 5) is 74.3. The lowest BCUT2D eigenvalue weighted by atomic mass is 10.2. The van der Waals surface area contributed by atoms with Crippen LogP contribution in [0.1, 0.15) is 5.56 Å². The van der Waals surface area contributed by atoms with Crippen LogP contribution in [-0.2, 0) is 24.8 Å². The fraction of sp³-hybridized carbons (Fsp3) is 0.333. The predicted molar refractivity (Wildman–Crippen MR) is 87.7 cm³/mol. The van der Waals surface area contributed by atoms with Gasteiger partial charge in [-0.05, 0) is 5.56 Å². The number of hydrogen-bond donors (Lipinski definition) is 8. The van der Waals surface area contributed by atoms with Crippen LogP contribution in [0.3, 0.4) is 0 Å². The molecule has 17 heteroatoms. The van der Waals surface area contributed by atoms with E-state index in [4.69, 9.17) is 0 Å². The molecule has 8 N–H and O–H groups in total. The van der Waals surface area contributed by atoms with Crippen LogP contribution in [0.15, 0.2) is 30.3 Å². The van der Waals surface area contributed by atoms with Gasteiger partial charge in [-0.3, -0.25) is 23.2 Å². The molecule has 0 bridgehead atoms. The fourth-order valence-electron chi connectivity index (χ4n) is 2.24. The highest BCUT2D eigenvalue weighted by atomic mass is 31.2. The van der Waals surface area contributed by atoms with Crippen LogP contribution in [-0.4, -0.2) is 55.1 Å². The molecule has 26 heavy (non-hydrogen) atoms. The summed E-state index contributed by atoms with van der Waals surface area (Å²) in [5.41, 5.74) is -6.33. The van der Waals surface area contributed by atoms with Crippen LogP contribution in [0.25, 0.3) is 0 Å². The van der Waals surface area contributed by atoms with Crippen LogP contribution < -0.4 is 0 Å². The average Bonchev–Trinajstić information content (AvgIpc) is 2.32. The lowest BCUT2D eigenvalue weighted by Gasteiger charge is -2.37. The van der Waals surface area contributed by atoms with E-state index >= 15 is 0 Å². The molecular weight excluding hydrogens is 438 g/mol. The molecule has 0 heterocycles. The van der Waals surface area contributed by atoms with Gasteiger partial charge in [0.2, 0.25) is 11.0 Å². The Balaban J connectivity index is 3.70. The molecule has 13 nitrogen and oxygen atoms in total. The zero-order valence-electron chi connectivity index (χ0n) is 12.7. The molecule has 0 spiro atoms. The minimum atomic E-state index is -5.81. The Labute approximate surface area is 146 Å². The smallest absolute Gasteiger partial charge is 0.323 e. The van der Waals surface area contributed by atoms with E-state index in [1.165, 1.54) is 30.3 Å². The second-order valence-corrected chi connectivity index (χ2v) is 12.7. The monoisotopic (exact) mass is 455 g/mol. The van der Waals surface area contributed by atoms with Gasteiger partial charge in [0.05, 0.1) is 0 Å². The van der Waals surface area contributed by atoms with E-state index in [9.17, 15) is 57.4 Å². The topological polar surface area (TPSA) is 233 Å². The van der Waals surface area contributed by atoms with Crippen molar-refractivity contribution in [3.8, 4) is 0 Å². The van der Waals surface area contributed by atoms with Crippen molar-refractivity contribution >= 4 is 30.4 Å². The summed E-state index contributed by atoms with van der Waals surface area (Å²) < 4.78 is 46.5. The zero-order valence-corrected chi connectivity index (χ0v) is 16.3. The van der Waals surface area contributed by atoms with E-state index in [0.29, 0.717) is 0 Å². The van der Waals surface area contributed by atoms with E-state index in [2.05, 4.69) is 0 Å². The zero-order chi connectivity index (χ0) is 20.6. The summed E-state index contributed by atoms with van der Waals surface area (Å²) in [6.07, 6.45) is 0. The minimum absolute atomic E-state index is 0.0336. The summed E-state index contributed by atoms with van der Waals surface area (Å²) in [7, 11) is -23.2. The van der Waals surface area contributed by atoms with Crippen LogP contribution in [0, 0.1) is 0 Å². The van der Waals surface area contributed by atoms with Crippen molar-refractivity contribution in [1.82, 2.24) is 4.90 Å². The summed E-state index contributed by atoms with van der Waals surface area (Å²) in [5, 5.41) is 0. The molecule has 0 unspecified atom stereocenters. The summed E-state index contributed by atoms with van der Waals surface area (Å²) >= 11 is 0. The SMILES string of the molecule is O=P(O)(O)C(N(Cc1ccccc1)C(P(=O)(O)O)P(=O)(O)O)P(=O)(O)O. The van der Waals surface area contributed by atoms with E-state index in [0.717, 1.165) is 0 Å². The van der Waals surface area contributed by atoms with Crippen molar-refractivity contribution in [1.29, 1.82) is 0 Å². The van der Waals surface area contributed by atoms with Crippen LogP contribution in [0.4, 0.5) is 0 Å². The Kier molecular flexibility index (Phi) is 7.35. The Morgan fingerprint density at radius 1 is 0.654 bits per heavy atom. The molecule has 0 radical (unpaired) electrons. The first kappa shape index (κ1) is 23.8. The van der Waals surface area contributed by atoms with Crippen molar-refractivity contribution in [3.63, 3.8) is 0 Å². The number of rotatable bonds is 8. The third-order valence-electron chi connectivity index (χ3n) is 3.00. The molecule has 0 aliphatic heterocycles. The molecule has 0 atom stereocenters. The van der Waals surface area contributed by atoms with Crippen LogP contribution in [0.5, 0.6) is 0 Å². The first-order chi connectivity index (χ1) is 11.5. The van der Waals surface area contributed by atoms with Gasteiger partial charge in [-0.15, -0.1) is 0 Å². The highest BCUT2D eigenvalue weighted by molar-refractivity contribution is 7.72. The molecule has 0 aromatic heterocycles. The fourth-order valence-corrected chi connectivity index (χ4v) is 8.20. The van der Waals surface area contributed by atoms with Crippen molar-refractivity contribution < 1.29 is 57.4 Å². The lowest BCUT2D eigenvalue weighted by molar-refractivity contribution is 0.195. The first-order valence-corrected chi connectivity index (χ1v) is 13.2. The van der Waals surface area contributed by atoms with E-state index in [1.54, 1.807) is 0 Å². The maximum atomic E-state index is 11.6. The Morgan fingerprint density at radius 3 is 1.23 bits per heavy atom. The molecule has 0 aliphatic rings. The van der Waals surface area contributed by atoms with Gasteiger partial charge in [-0.1, -0.05) is 30.3 Å². The molecule has 0 aliphatic carbocycles. The minimum Gasteiger partial charge on any atom is -0.323 e. The van der Waals surface area contributed by atoms with Crippen molar-refractivity contribution in [3.05, 3.63) is 35.9 Å². The largest absolute Gasteiger partial charge is 0.355 e. The van der Waals surface area contributed by atoms with Crippen LogP contribution in [0.2, 0.25) is 0 Å². The van der Waals surface area contributed by atoms with E-state index in [-0.39, 0.29) is 10.5 Å². The maximum absolute atomic E-state index is 11.6. The van der Waals surface area contributed by atoms with Crippen LogP contribution >= 0.6 is 30.4 Å². The van der Waals surface area contributed by atoms with Gasteiger partial charge in [-0.25, -0.2) is 0 Å². The van der Waals surface area contributed by atoms with Crippen molar-refractivity contribution in [2.75, 3.05) is 0 Å². The number of nitrogens with zero attached hydrogens (tertiary/aromatic N) is 1. The van der Waals surface area contributed by atoms with Gasteiger partial charge in [0.1, 0.15) is 0 Å². The Bertz CT molecular complexity index is 713. The summed E-state index contributed by atoms with van der Waals surface area (Å²) in [6, 6.07) is 6.81. The highest BCUT2D eigenvalue weighted by Crippen LogP contribution is 2.69. The van der Waals surface area contributed by atoms with Gasteiger partial charge < -0.3 is 39.1 Å². The van der Waals surface area contributed by atoms with Crippen molar-refractivity contribution in [2.45, 2.75) is 17.6 Å². The molecule has 0 saturated carbocycles. The average molecular weight is 455 g/mol. The van der Waals surface area contributed by atoms with Gasteiger partial charge in [0, 0.05) is 6.54 Å². The first-order valence-electron chi connectivity index (χ1n) is 6.46. The summed E-state index contributed by atoms with van der Waals surface area (Å²) in [5.74, 6) is 0. The molecule has 1 rings (SSSR count). The maximum Gasteiger partial charge on any atom is 0.355 e. The van der Waals surface area contributed by atoms with E-state index < -0.39 is 48.0 Å². The molecule has 0 fully saturated rings. The normalized spacial score (nSPS) is 14.4. The number of hydrogen-bond acceptors (Lipinski definition) is 5. The summed E-state index contributed by atoms with van der Waals surface area (Å²) in [6.45, 7) is -0.970. The standard InChI is InChI=1S/C9H17NO12P4/c11-23(12,13)8(24(14,15)16)10(6-7-4-2-1-3-5-7)9(25(17,18)19)26(20,21)22/h1-5,8-9H,6H2,(H2,11,12,13)(H2,14,15,16)(H2,17,18,19)(H2,20,21,22). The van der Waals surface area contributed by atoms with Crippen molar-refractivity contribution in [2.24, 2.45) is 0 Å². The van der Waals surface area contributed by atoms with Gasteiger partial charge in [0.25, 0.3) is 0 Å². The van der Waals surface area contributed by atoms with Gasteiger partial charge in [0.15, 0.2) is 0 Å². The Morgan fingerprint density at radius 2 is 0.962 bits per heavy atom. The number of benzene rings is 1.